The van der Waals surface area contributed by atoms with Crippen molar-refractivity contribution in [2.45, 2.75) is 52.9 Å². The predicted molar refractivity (Wildman–Crippen MR) is 80.3 cm³/mol. The average Bonchev–Trinajstić information content (AvgIpc) is 2.53. The van der Waals surface area contributed by atoms with Crippen LogP contribution in [0.5, 0.6) is 0 Å². The van der Waals surface area contributed by atoms with Gasteiger partial charge in [-0.2, -0.15) is 0 Å². The number of aromatic nitrogens is 2. The summed E-state index contributed by atoms with van der Waals surface area (Å²) in [6, 6.07) is 0. The van der Waals surface area contributed by atoms with E-state index in [-0.39, 0.29) is 0 Å². The second-order valence-electron chi connectivity index (χ2n) is 6.32. The van der Waals surface area contributed by atoms with Crippen LogP contribution < -0.4 is 10.6 Å². The maximum Gasteiger partial charge on any atom is 0.137 e. The van der Waals surface area contributed by atoms with Gasteiger partial charge in [0.05, 0.1) is 0 Å². The van der Waals surface area contributed by atoms with Crippen LogP contribution in [0.1, 0.15) is 52.0 Å². The lowest BCUT2D eigenvalue weighted by molar-refractivity contribution is 0.325. The van der Waals surface area contributed by atoms with Crippen LogP contribution in [0, 0.1) is 5.41 Å². The fraction of sp³-hybridized carbons (Fsp3) is 0.733. The molecule has 0 aliphatic carbocycles. The zero-order valence-corrected chi connectivity index (χ0v) is 12.4. The van der Waals surface area contributed by atoms with Gasteiger partial charge in [0.2, 0.25) is 0 Å². The van der Waals surface area contributed by atoms with E-state index in [4.69, 9.17) is 5.73 Å². The number of nitrogens with two attached hydrogens (primary N) is 1. The van der Waals surface area contributed by atoms with E-state index in [1.54, 1.807) is 6.33 Å². The van der Waals surface area contributed by atoms with Crippen molar-refractivity contribution in [2.75, 3.05) is 23.7 Å². The van der Waals surface area contributed by atoms with E-state index >= 15 is 0 Å². The van der Waals surface area contributed by atoms with Crippen LogP contribution in [0.25, 0.3) is 0 Å². The molecule has 0 bridgehead atoms. The monoisotopic (exact) mass is 262 g/mol. The van der Waals surface area contributed by atoms with Gasteiger partial charge in [-0.1, -0.05) is 27.2 Å². The summed E-state index contributed by atoms with van der Waals surface area (Å²) < 4.78 is 0. The molecule has 106 valence electrons. The van der Waals surface area contributed by atoms with Crippen molar-refractivity contribution in [1.29, 1.82) is 0 Å². The summed E-state index contributed by atoms with van der Waals surface area (Å²) >= 11 is 0. The van der Waals surface area contributed by atoms with Gasteiger partial charge in [-0.05, 0) is 31.1 Å². The smallest absolute Gasteiger partial charge is 0.137 e. The van der Waals surface area contributed by atoms with E-state index in [0.29, 0.717) is 11.2 Å². The van der Waals surface area contributed by atoms with E-state index < -0.39 is 0 Å². The number of rotatable bonds is 3. The molecular formula is C15H26N4. The zero-order valence-electron chi connectivity index (χ0n) is 12.4. The molecule has 0 aromatic carbocycles. The predicted octanol–water partition coefficient (Wildman–Crippen LogP) is 3.03. The first kappa shape index (κ1) is 14.1. The maximum atomic E-state index is 6.03. The fourth-order valence-corrected chi connectivity index (χ4v) is 2.81. The Kier molecular flexibility index (Phi) is 4.27. The molecule has 0 unspecified atom stereocenters. The highest BCUT2D eigenvalue weighted by atomic mass is 15.2. The molecule has 0 amide bonds. The van der Waals surface area contributed by atoms with Gasteiger partial charge in [0.25, 0.3) is 0 Å². The summed E-state index contributed by atoms with van der Waals surface area (Å²) in [6.07, 6.45) is 7.35. The topological polar surface area (TPSA) is 55.0 Å². The molecule has 1 aromatic heterocycles. The molecule has 2 heterocycles. The Hall–Kier alpha value is -1.32. The van der Waals surface area contributed by atoms with Crippen molar-refractivity contribution < 1.29 is 0 Å². The van der Waals surface area contributed by atoms with Crippen LogP contribution in [0.3, 0.4) is 0 Å². The van der Waals surface area contributed by atoms with E-state index in [0.717, 1.165) is 37.3 Å². The Labute approximate surface area is 116 Å². The molecule has 1 saturated heterocycles. The molecule has 19 heavy (non-hydrogen) atoms. The van der Waals surface area contributed by atoms with Gasteiger partial charge in [-0.3, -0.25) is 0 Å². The molecule has 1 aliphatic rings. The van der Waals surface area contributed by atoms with Gasteiger partial charge >= 0.3 is 0 Å². The summed E-state index contributed by atoms with van der Waals surface area (Å²) in [7, 11) is 0. The Balaban J connectivity index is 2.23. The molecule has 0 spiro atoms. The molecule has 1 aromatic rings. The second kappa shape index (κ2) is 5.76. The summed E-state index contributed by atoms with van der Waals surface area (Å²) in [4.78, 5) is 11.1. The molecule has 0 radical (unpaired) electrons. The van der Waals surface area contributed by atoms with Gasteiger partial charge in [0, 0.05) is 18.7 Å². The lowest BCUT2D eigenvalue weighted by Gasteiger charge is -2.26. The number of hydrogen-bond donors (Lipinski definition) is 1. The van der Waals surface area contributed by atoms with Crippen LogP contribution in [0.15, 0.2) is 6.33 Å². The molecule has 2 rings (SSSR count). The van der Waals surface area contributed by atoms with Crippen LogP contribution in [-0.2, 0) is 6.42 Å². The molecule has 1 fully saturated rings. The Morgan fingerprint density at radius 1 is 1.26 bits per heavy atom. The third-order valence-corrected chi connectivity index (χ3v) is 4.10. The minimum absolute atomic E-state index is 0.443. The summed E-state index contributed by atoms with van der Waals surface area (Å²) in [5, 5.41) is 0. The number of hydrogen-bond acceptors (Lipinski definition) is 4. The second-order valence-corrected chi connectivity index (χ2v) is 6.32. The van der Waals surface area contributed by atoms with Crippen molar-refractivity contribution in [2.24, 2.45) is 5.41 Å². The van der Waals surface area contributed by atoms with Crippen molar-refractivity contribution in [3.05, 3.63) is 11.9 Å². The standard InChI is InChI=1S/C15H26N4/c1-4-6-12-13(16)17-11-18-14(12)19-9-5-7-15(2,3)8-10-19/h11H,4-10H2,1-3H3,(H2,16,17,18). The first-order valence-electron chi connectivity index (χ1n) is 7.38. The Morgan fingerprint density at radius 3 is 2.79 bits per heavy atom. The SMILES string of the molecule is CCCc1c(N)ncnc1N1CCCC(C)(C)CC1. The summed E-state index contributed by atoms with van der Waals surface area (Å²) in [6.45, 7) is 9.04. The Morgan fingerprint density at radius 2 is 2.05 bits per heavy atom. The Bertz CT molecular complexity index is 428. The van der Waals surface area contributed by atoms with Gasteiger partial charge in [-0.15, -0.1) is 0 Å². The van der Waals surface area contributed by atoms with Gasteiger partial charge in [0.15, 0.2) is 0 Å². The van der Waals surface area contributed by atoms with E-state index in [1.165, 1.54) is 19.3 Å². The lowest BCUT2D eigenvalue weighted by atomic mass is 9.85. The number of nitrogens with zero attached hydrogens (tertiary/aromatic N) is 3. The van der Waals surface area contributed by atoms with Gasteiger partial charge < -0.3 is 10.6 Å². The number of nitrogen functional groups attached to an aromatic ring is 1. The quantitative estimate of drug-likeness (QED) is 0.909. The maximum absolute atomic E-state index is 6.03. The van der Waals surface area contributed by atoms with Crippen LogP contribution in [0.2, 0.25) is 0 Å². The third-order valence-electron chi connectivity index (χ3n) is 4.10. The van der Waals surface area contributed by atoms with Crippen molar-refractivity contribution in [1.82, 2.24) is 9.97 Å². The van der Waals surface area contributed by atoms with Crippen LogP contribution >= 0.6 is 0 Å². The first-order chi connectivity index (χ1) is 9.03. The van der Waals surface area contributed by atoms with Gasteiger partial charge in [-0.25, -0.2) is 9.97 Å². The molecule has 2 N–H and O–H groups in total. The number of anilines is 2. The fourth-order valence-electron chi connectivity index (χ4n) is 2.81. The van der Waals surface area contributed by atoms with Crippen molar-refractivity contribution in [3.63, 3.8) is 0 Å². The summed E-state index contributed by atoms with van der Waals surface area (Å²) in [5.74, 6) is 1.71. The molecule has 0 saturated carbocycles. The van der Waals surface area contributed by atoms with Gasteiger partial charge in [0.1, 0.15) is 18.0 Å². The highest BCUT2D eigenvalue weighted by Gasteiger charge is 2.25. The minimum atomic E-state index is 0.443. The van der Waals surface area contributed by atoms with E-state index in [2.05, 4.69) is 35.6 Å². The van der Waals surface area contributed by atoms with Crippen LogP contribution in [-0.4, -0.2) is 23.1 Å². The summed E-state index contributed by atoms with van der Waals surface area (Å²) in [5.41, 5.74) is 7.60. The highest BCUT2D eigenvalue weighted by molar-refractivity contribution is 5.56. The minimum Gasteiger partial charge on any atom is -0.383 e. The molecule has 4 heteroatoms. The molecule has 0 atom stereocenters. The van der Waals surface area contributed by atoms with Crippen molar-refractivity contribution in [3.8, 4) is 0 Å². The van der Waals surface area contributed by atoms with E-state index in [9.17, 15) is 0 Å². The molecule has 4 nitrogen and oxygen atoms in total. The van der Waals surface area contributed by atoms with E-state index in [1.807, 2.05) is 0 Å². The first-order valence-corrected chi connectivity index (χ1v) is 7.38. The van der Waals surface area contributed by atoms with Crippen molar-refractivity contribution >= 4 is 11.6 Å². The molecule has 1 aliphatic heterocycles. The zero-order chi connectivity index (χ0) is 13.9. The normalized spacial score (nSPS) is 19.2. The third kappa shape index (κ3) is 3.37. The lowest BCUT2D eigenvalue weighted by Crippen LogP contribution is -2.27. The molecular weight excluding hydrogens is 236 g/mol. The average molecular weight is 262 g/mol. The highest BCUT2D eigenvalue weighted by Crippen LogP contribution is 2.32. The van der Waals surface area contributed by atoms with Crippen LogP contribution in [0.4, 0.5) is 11.6 Å². The largest absolute Gasteiger partial charge is 0.383 e.